The van der Waals surface area contributed by atoms with Crippen molar-refractivity contribution in [1.82, 2.24) is 4.90 Å². The summed E-state index contributed by atoms with van der Waals surface area (Å²) in [4.78, 5) is 14.4. The molecule has 0 radical (unpaired) electrons. The Hall–Kier alpha value is -1.75. The summed E-state index contributed by atoms with van der Waals surface area (Å²) in [6.07, 6.45) is 0.871. The third kappa shape index (κ3) is 2.66. The number of nitrogen functional groups attached to an aromatic ring is 1. The molecule has 1 aromatic rings. The third-order valence-electron chi connectivity index (χ3n) is 3.48. The molecule has 1 atom stereocenters. The van der Waals surface area contributed by atoms with Crippen molar-refractivity contribution in [2.45, 2.75) is 19.4 Å². The van der Waals surface area contributed by atoms with Crippen molar-refractivity contribution in [2.75, 3.05) is 32.6 Å². The van der Waals surface area contributed by atoms with Gasteiger partial charge in [-0.25, -0.2) is 0 Å². The number of carbonyl (C=O) groups is 1. The van der Waals surface area contributed by atoms with Crippen LogP contribution >= 0.6 is 0 Å². The molecule has 0 saturated carbocycles. The standard InChI is InChI=1S/C14H20N2O3/c1-3-10-9-19-8-7-16(10)14(17)11-5-4-6-12(18-2)13(11)15/h4-6,10H,3,7-9,15H2,1-2H3. The fraction of sp³-hybridized carbons (Fsp3) is 0.500. The van der Waals surface area contributed by atoms with Gasteiger partial charge in [0, 0.05) is 6.54 Å². The molecule has 0 spiro atoms. The van der Waals surface area contributed by atoms with Gasteiger partial charge in [-0.1, -0.05) is 13.0 Å². The van der Waals surface area contributed by atoms with Gasteiger partial charge < -0.3 is 20.1 Å². The van der Waals surface area contributed by atoms with Crippen LogP contribution in [0.3, 0.4) is 0 Å². The monoisotopic (exact) mass is 264 g/mol. The summed E-state index contributed by atoms with van der Waals surface area (Å²) in [6.45, 7) is 3.82. The highest BCUT2D eigenvalue weighted by atomic mass is 16.5. The molecule has 104 valence electrons. The molecule has 5 nitrogen and oxygen atoms in total. The molecule has 1 heterocycles. The highest BCUT2D eigenvalue weighted by Crippen LogP contribution is 2.27. The first-order chi connectivity index (χ1) is 9.19. The Morgan fingerprint density at radius 1 is 1.58 bits per heavy atom. The zero-order valence-electron chi connectivity index (χ0n) is 11.4. The summed E-state index contributed by atoms with van der Waals surface area (Å²) >= 11 is 0. The number of benzene rings is 1. The number of para-hydroxylation sites is 1. The van der Waals surface area contributed by atoms with Gasteiger partial charge in [0.15, 0.2) is 0 Å². The van der Waals surface area contributed by atoms with E-state index in [1.165, 1.54) is 0 Å². The molecule has 0 aromatic heterocycles. The number of rotatable bonds is 3. The van der Waals surface area contributed by atoms with E-state index in [1.807, 2.05) is 4.90 Å². The molecule has 2 rings (SSSR count). The van der Waals surface area contributed by atoms with E-state index >= 15 is 0 Å². The lowest BCUT2D eigenvalue weighted by molar-refractivity contribution is -0.00275. The molecule has 1 unspecified atom stereocenters. The second-order valence-electron chi connectivity index (χ2n) is 4.56. The summed E-state index contributed by atoms with van der Waals surface area (Å²) in [5.41, 5.74) is 6.88. The molecule has 19 heavy (non-hydrogen) atoms. The minimum Gasteiger partial charge on any atom is -0.495 e. The van der Waals surface area contributed by atoms with Crippen LogP contribution in [0.25, 0.3) is 0 Å². The Kier molecular flexibility index (Phi) is 4.27. The maximum Gasteiger partial charge on any atom is 0.256 e. The average molecular weight is 264 g/mol. The summed E-state index contributed by atoms with van der Waals surface area (Å²) in [5.74, 6) is 0.485. The van der Waals surface area contributed by atoms with Crippen LogP contribution in [0, 0.1) is 0 Å². The fourth-order valence-corrected chi connectivity index (χ4v) is 2.32. The topological polar surface area (TPSA) is 64.8 Å². The van der Waals surface area contributed by atoms with Crippen LogP contribution in [0.2, 0.25) is 0 Å². The summed E-state index contributed by atoms with van der Waals surface area (Å²) in [6, 6.07) is 5.39. The smallest absolute Gasteiger partial charge is 0.256 e. The van der Waals surface area contributed by atoms with E-state index in [0.29, 0.717) is 36.8 Å². The van der Waals surface area contributed by atoms with Crippen molar-refractivity contribution >= 4 is 11.6 Å². The molecular formula is C14H20N2O3. The number of hydrogen-bond acceptors (Lipinski definition) is 4. The summed E-state index contributed by atoms with van der Waals surface area (Å²) in [7, 11) is 1.55. The van der Waals surface area contributed by atoms with Crippen molar-refractivity contribution < 1.29 is 14.3 Å². The molecular weight excluding hydrogens is 244 g/mol. The summed E-state index contributed by atoms with van der Waals surface area (Å²) in [5, 5.41) is 0. The Morgan fingerprint density at radius 3 is 3.05 bits per heavy atom. The quantitative estimate of drug-likeness (QED) is 0.841. The Morgan fingerprint density at radius 2 is 2.37 bits per heavy atom. The van der Waals surface area contributed by atoms with Gasteiger partial charge in [-0.15, -0.1) is 0 Å². The molecule has 1 aliphatic heterocycles. The average Bonchev–Trinajstić information content (AvgIpc) is 2.46. The van der Waals surface area contributed by atoms with E-state index in [4.69, 9.17) is 15.2 Å². The van der Waals surface area contributed by atoms with Gasteiger partial charge in [0.25, 0.3) is 5.91 Å². The maximum absolute atomic E-state index is 12.6. The number of methoxy groups -OCH3 is 1. The second-order valence-corrected chi connectivity index (χ2v) is 4.56. The van der Waals surface area contributed by atoms with E-state index in [0.717, 1.165) is 6.42 Å². The first-order valence-electron chi connectivity index (χ1n) is 6.50. The minimum absolute atomic E-state index is 0.0495. The molecule has 1 amide bonds. The number of carbonyl (C=O) groups excluding carboxylic acids is 1. The Bertz CT molecular complexity index is 462. The van der Waals surface area contributed by atoms with Crippen LogP contribution in [-0.4, -0.2) is 43.7 Å². The number of morpholine rings is 1. The number of ether oxygens (including phenoxy) is 2. The van der Waals surface area contributed by atoms with E-state index in [1.54, 1.807) is 25.3 Å². The number of amides is 1. The fourth-order valence-electron chi connectivity index (χ4n) is 2.32. The zero-order valence-corrected chi connectivity index (χ0v) is 11.4. The number of nitrogens with zero attached hydrogens (tertiary/aromatic N) is 1. The first-order valence-corrected chi connectivity index (χ1v) is 6.50. The predicted octanol–water partition coefficient (Wildman–Crippen LogP) is 1.53. The van der Waals surface area contributed by atoms with E-state index in [9.17, 15) is 4.79 Å². The predicted molar refractivity (Wildman–Crippen MR) is 73.3 cm³/mol. The number of anilines is 1. The lowest BCUT2D eigenvalue weighted by atomic mass is 10.1. The van der Waals surface area contributed by atoms with Crippen molar-refractivity contribution in [3.8, 4) is 5.75 Å². The van der Waals surface area contributed by atoms with Crippen LogP contribution in [-0.2, 0) is 4.74 Å². The van der Waals surface area contributed by atoms with Crippen molar-refractivity contribution in [3.63, 3.8) is 0 Å². The van der Waals surface area contributed by atoms with Crippen LogP contribution in [0.15, 0.2) is 18.2 Å². The van der Waals surface area contributed by atoms with Gasteiger partial charge in [0.05, 0.1) is 37.6 Å². The van der Waals surface area contributed by atoms with Crippen LogP contribution in [0.1, 0.15) is 23.7 Å². The molecule has 0 aliphatic carbocycles. The van der Waals surface area contributed by atoms with Gasteiger partial charge in [0.1, 0.15) is 5.75 Å². The van der Waals surface area contributed by atoms with Crippen LogP contribution in [0.4, 0.5) is 5.69 Å². The van der Waals surface area contributed by atoms with Gasteiger partial charge in [-0.05, 0) is 18.6 Å². The lowest BCUT2D eigenvalue weighted by Gasteiger charge is -2.35. The largest absolute Gasteiger partial charge is 0.495 e. The number of hydrogen-bond donors (Lipinski definition) is 1. The van der Waals surface area contributed by atoms with Crippen LogP contribution < -0.4 is 10.5 Å². The molecule has 2 N–H and O–H groups in total. The molecule has 5 heteroatoms. The molecule has 1 saturated heterocycles. The van der Waals surface area contributed by atoms with Crippen LogP contribution in [0.5, 0.6) is 5.75 Å². The van der Waals surface area contributed by atoms with Gasteiger partial charge in [-0.3, -0.25) is 4.79 Å². The van der Waals surface area contributed by atoms with Crippen molar-refractivity contribution in [2.24, 2.45) is 0 Å². The van der Waals surface area contributed by atoms with E-state index in [2.05, 4.69) is 6.92 Å². The third-order valence-corrected chi connectivity index (χ3v) is 3.48. The SMILES string of the molecule is CCC1COCCN1C(=O)c1cccc(OC)c1N. The highest BCUT2D eigenvalue weighted by molar-refractivity contribution is 6.00. The van der Waals surface area contributed by atoms with E-state index in [-0.39, 0.29) is 11.9 Å². The summed E-state index contributed by atoms with van der Waals surface area (Å²) < 4.78 is 10.6. The van der Waals surface area contributed by atoms with Crippen molar-refractivity contribution in [1.29, 1.82) is 0 Å². The number of nitrogens with two attached hydrogens (primary N) is 1. The van der Waals surface area contributed by atoms with Gasteiger partial charge in [-0.2, -0.15) is 0 Å². The van der Waals surface area contributed by atoms with Gasteiger partial charge >= 0.3 is 0 Å². The van der Waals surface area contributed by atoms with E-state index < -0.39 is 0 Å². The van der Waals surface area contributed by atoms with Gasteiger partial charge in [0.2, 0.25) is 0 Å². The molecule has 0 bridgehead atoms. The minimum atomic E-state index is -0.0495. The molecule has 1 aliphatic rings. The highest BCUT2D eigenvalue weighted by Gasteiger charge is 2.28. The molecule has 1 fully saturated rings. The Balaban J connectivity index is 2.28. The lowest BCUT2D eigenvalue weighted by Crippen LogP contribution is -2.48. The maximum atomic E-state index is 12.6. The zero-order chi connectivity index (χ0) is 13.8. The normalized spacial score (nSPS) is 19.3. The first kappa shape index (κ1) is 13.7. The molecule has 1 aromatic carbocycles. The second kappa shape index (κ2) is 5.93. The van der Waals surface area contributed by atoms with Crippen molar-refractivity contribution in [3.05, 3.63) is 23.8 Å². The Labute approximate surface area is 113 Å².